The molecule has 3 aromatic rings. The highest BCUT2D eigenvalue weighted by molar-refractivity contribution is 8.00. The lowest BCUT2D eigenvalue weighted by Crippen LogP contribution is -2.30. The molecule has 0 aliphatic carbocycles. The number of anilines is 1. The molecule has 0 aliphatic rings. The van der Waals surface area contributed by atoms with Crippen LogP contribution in [0.25, 0.3) is 0 Å². The van der Waals surface area contributed by atoms with Crippen LogP contribution in [-0.4, -0.2) is 33.2 Å². The van der Waals surface area contributed by atoms with E-state index in [-0.39, 0.29) is 6.03 Å². The fraction of sp³-hybridized carbons (Fsp3) is 0.167. The van der Waals surface area contributed by atoms with Crippen molar-refractivity contribution in [2.24, 2.45) is 0 Å². The number of carbonyl (C=O) groups is 1. The number of rotatable bonds is 6. The number of carbonyl (C=O) groups excluding carboxylic acids is 1. The normalized spacial score (nSPS) is 10.2. The van der Waals surface area contributed by atoms with E-state index < -0.39 is 0 Å². The molecule has 0 fully saturated rings. The zero-order valence-electron chi connectivity index (χ0n) is 14.5. The van der Waals surface area contributed by atoms with Crippen molar-refractivity contribution in [3.63, 3.8) is 0 Å². The van der Waals surface area contributed by atoms with Gasteiger partial charge >= 0.3 is 6.03 Å². The third kappa shape index (κ3) is 5.51. The average molecular weight is 397 g/mol. The summed E-state index contributed by atoms with van der Waals surface area (Å²) in [4.78, 5) is 17.8. The molecular weight excluding hydrogens is 380 g/mol. The predicted octanol–water partition coefficient (Wildman–Crippen LogP) is 3.76. The molecule has 0 atom stereocenters. The number of pyridine rings is 1. The van der Waals surface area contributed by atoms with Gasteiger partial charge in [-0.25, -0.2) is 4.79 Å². The van der Waals surface area contributed by atoms with Crippen LogP contribution in [0.3, 0.4) is 0 Å². The van der Waals surface area contributed by atoms with Gasteiger partial charge in [0.1, 0.15) is 0 Å². The molecule has 0 aliphatic heterocycles. The van der Waals surface area contributed by atoms with Crippen molar-refractivity contribution in [3.8, 4) is 6.07 Å². The van der Waals surface area contributed by atoms with Gasteiger partial charge in [-0.2, -0.15) is 5.26 Å². The Labute approximate surface area is 165 Å². The molecule has 3 rings (SSSR count). The van der Waals surface area contributed by atoms with Gasteiger partial charge in [-0.3, -0.25) is 10.3 Å². The fourth-order valence-corrected chi connectivity index (χ4v) is 3.86. The van der Waals surface area contributed by atoms with Gasteiger partial charge in [0.05, 0.1) is 11.6 Å². The zero-order chi connectivity index (χ0) is 19.1. The van der Waals surface area contributed by atoms with E-state index in [9.17, 15) is 4.79 Å². The Morgan fingerprint density at radius 3 is 2.63 bits per heavy atom. The summed E-state index contributed by atoms with van der Waals surface area (Å²) >= 11 is 2.87. The molecule has 136 valence electrons. The second-order valence-electron chi connectivity index (χ2n) is 5.61. The first-order chi connectivity index (χ1) is 13.1. The van der Waals surface area contributed by atoms with Crippen molar-refractivity contribution in [2.75, 3.05) is 12.4 Å². The zero-order valence-corrected chi connectivity index (χ0v) is 16.1. The summed E-state index contributed by atoms with van der Waals surface area (Å²) < 4.78 is 0.770. The third-order valence-electron chi connectivity index (χ3n) is 3.58. The van der Waals surface area contributed by atoms with E-state index in [2.05, 4.69) is 26.6 Å². The van der Waals surface area contributed by atoms with Crippen LogP contribution in [-0.2, 0) is 12.3 Å². The number of hydrogen-bond donors (Lipinski definition) is 1. The molecule has 0 saturated carbocycles. The van der Waals surface area contributed by atoms with E-state index in [0.29, 0.717) is 17.2 Å². The summed E-state index contributed by atoms with van der Waals surface area (Å²) in [5.41, 5.74) is 2.73. The quantitative estimate of drug-likeness (QED) is 0.503. The minimum Gasteiger partial charge on any atom is -0.323 e. The lowest BCUT2D eigenvalue weighted by atomic mass is 10.2. The molecule has 27 heavy (non-hydrogen) atoms. The van der Waals surface area contributed by atoms with Crippen LogP contribution in [0.15, 0.2) is 53.1 Å². The number of urea groups is 1. The Hall–Kier alpha value is -2.96. The molecule has 7 nitrogen and oxygen atoms in total. The summed E-state index contributed by atoms with van der Waals surface area (Å²) in [5.74, 6) is 0.718. The largest absolute Gasteiger partial charge is 0.323 e. The maximum absolute atomic E-state index is 12.3. The van der Waals surface area contributed by atoms with E-state index in [1.165, 1.54) is 23.1 Å². The van der Waals surface area contributed by atoms with Crippen molar-refractivity contribution < 1.29 is 4.79 Å². The first-order valence-electron chi connectivity index (χ1n) is 8.00. The van der Waals surface area contributed by atoms with Gasteiger partial charge in [-0.1, -0.05) is 35.2 Å². The number of benzene rings is 1. The van der Waals surface area contributed by atoms with E-state index in [0.717, 1.165) is 21.2 Å². The molecule has 2 amide bonds. The van der Waals surface area contributed by atoms with Crippen LogP contribution in [0, 0.1) is 11.3 Å². The number of amides is 2. The van der Waals surface area contributed by atoms with Crippen molar-refractivity contribution in [2.45, 2.75) is 16.6 Å². The number of nitrogens with one attached hydrogen (secondary N) is 1. The molecule has 0 spiro atoms. The molecule has 0 saturated heterocycles. The molecule has 0 radical (unpaired) electrons. The smallest absolute Gasteiger partial charge is 0.323 e. The molecule has 2 heterocycles. The first kappa shape index (κ1) is 18.8. The van der Waals surface area contributed by atoms with Gasteiger partial charge in [0.25, 0.3) is 0 Å². The summed E-state index contributed by atoms with van der Waals surface area (Å²) in [6.07, 6.45) is 3.40. The second kappa shape index (κ2) is 9.12. The maximum Gasteiger partial charge on any atom is 0.323 e. The summed E-state index contributed by atoms with van der Waals surface area (Å²) in [7, 11) is 1.72. The van der Waals surface area contributed by atoms with Gasteiger partial charge in [0.15, 0.2) is 4.34 Å². The third-order valence-corrected chi connectivity index (χ3v) is 5.62. The monoisotopic (exact) mass is 396 g/mol. The Morgan fingerprint density at radius 2 is 1.93 bits per heavy atom. The van der Waals surface area contributed by atoms with Gasteiger partial charge in [-0.05, 0) is 35.4 Å². The molecule has 0 bridgehead atoms. The Bertz CT molecular complexity index is 936. The molecular formula is C18H16N6OS2. The van der Waals surface area contributed by atoms with Crippen molar-refractivity contribution in [1.29, 1.82) is 5.26 Å². The Kier molecular flexibility index (Phi) is 6.35. The Morgan fingerprint density at radius 1 is 1.19 bits per heavy atom. The van der Waals surface area contributed by atoms with Crippen LogP contribution in [0.2, 0.25) is 0 Å². The highest BCUT2D eigenvalue weighted by Gasteiger charge is 2.13. The van der Waals surface area contributed by atoms with E-state index >= 15 is 0 Å². The van der Waals surface area contributed by atoms with Gasteiger partial charge in [0.2, 0.25) is 5.13 Å². The lowest BCUT2D eigenvalue weighted by Gasteiger charge is -2.16. The second-order valence-corrected chi connectivity index (χ2v) is 7.81. The van der Waals surface area contributed by atoms with Crippen molar-refractivity contribution >= 4 is 34.3 Å². The molecule has 1 aromatic carbocycles. The summed E-state index contributed by atoms with van der Waals surface area (Å²) in [6, 6.07) is 13.0. The van der Waals surface area contributed by atoms with E-state index in [1.54, 1.807) is 36.5 Å². The average Bonchev–Trinajstić information content (AvgIpc) is 3.15. The van der Waals surface area contributed by atoms with Crippen LogP contribution < -0.4 is 5.32 Å². The number of hydrogen-bond acceptors (Lipinski definition) is 7. The molecule has 2 aromatic heterocycles. The predicted molar refractivity (Wildman–Crippen MR) is 105 cm³/mol. The van der Waals surface area contributed by atoms with E-state index in [1.807, 2.05) is 24.3 Å². The number of nitriles is 1. The van der Waals surface area contributed by atoms with Crippen molar-refractivity contribution in [1.82, 2.24) is 20.1 Å². The van der Waals surface area contributed by atoms with E-state index in [4.69, 9.17) is 5.26 Å². The van der Waals surface area contributed by atoms with Crippen molar-refractivity contribution in [3.05, 3.63) is 65.5 Å². The van der Waals surface area contributed by atoms with Crippen LogP contribution in [0.5, 0.6) is 0 Å². The fourth-order valence-electron chi connectivity index (χ4n) is 2.16. The maximum atomic E-state index is 12.3. The number of aromatic nitrogens is 3. The topological polar surface area (TPSA) is 94.8 Å². The van der Waals surface area contributed by atoms with Gasteiger partial charge < -0.3 is 4.90 Å². The molecule has 0 unspecified atom stereocenters. The lowest BCUT2D eigenvalue weighted by molar-refractivity contribution is 0.220. The van der Waals surface area contributed by atoms with Crippen LogP contribution in [0.4, 0.5) is 9.93 Å². The minimum absolute atomic E-state index is 0.244. The Balaban J connectivity index is 1.51. The van der Waals surface area contributed by atoms with Gasteiger partial charge in [-0.15, -0.1) is 10.2 Å². The molecule has 1 N–H and O–H groups in total. The summed E-state index contributed by atoms with van der Waals surface area (Å²) in [5, 5.41) is 20.2. The minimum atomic E-state index is -0.244. The summed E-state index contributed by atoms with van der Waals surface area (Å²) in [6.45, 7) is 0.480. The van der Waals surface area contributed by atoms with Gasteiger partial charge in [0, 0.05) is 31.7 Å². The first-order valence-corrected chi connectivity index (χ1v) is 9.80. The highest BCUT2D eigenvalue weighted by atomic mass is 32.2. The number of nitrogens with zero attached hydrogens (tertiary/aromatic N) is 5. The standard InChI is InChI=1S/C18H16N6OS2/c1-24(11-14-6-8-20-9-7-14)17(25)21-16-22-23-18(27-16)26-12-15-4-2-13(10-19)3-5-15/h2-9H,11-12H2,1H3,(H,21,22,25). The van der Waals surface area contributed by atoms with Crippen LogP contribution >= 0.6 is 23.1 Å². The SMILES string of the molecule is CN(Cc1ccncc1)C(=O)Nc1nnc(SCc2ccc(C#N)cc2)s1. The number of thioether (sulfide) groups is 1. The molecule has 9 heteroatoms. The van der Waals surface area contributed by atoms with Crippen LogP contribution in [0.1, 0.15) is 16.7 Å². The highest BCUT2D eigenvalue weighted by Crippen LogP contribution is 2.28.